The van der Waals surface area contributed by atoms with Crippen LogP contribution < -0.4 is 5.73 Å². The maximum Gasteiger partial charge on any atom is 0.229 e. The number of nitrogens with zero attached hydrogens (tertiary/aromatic N) is 1. The predicted molar refractivity (Wildman–Crippen MR) is 59.4 cm³/mol. The molecule has 0 aromatic heterocycles. The summed E-state index contributed by atoms with van der Waals surface area (Å²) in [5.41, 5.74) is 5.84. The van der Waals surface area contributed by atoms with Crippen LogP contribution in [-0.2, 0) is 9.53 Å². The minimum absolute atomic E-state index is 0.129. The first kappa shape index (κ1) is 12.5. The van der Waals surface area contributed by atoms with Gasteiger partial charge in [-0.15, -0.1) is 0 Å². The number of rotatable bonds is 4. The van der Waals surface area contributed by atoms with Gasteiger partial charge in [0.1, 0.15) is 0 Å². The lowest BCUT2D eigenvalue weighted by Crippen LogP contribution is -2.47. The van der Waals surface area contributed by atoms with Gasteiger partial charge in [0.25, 0.3) is 0 Å². The number of ether oxygens (including phenoxy) is 1. The summed E-state index contributed by atoms with van der Waals surface area (Å²) in [6.07, 6.45) is 0.975. The Morgan fingerprint density at radius 2 is 2.20 bits per heavy atom. The van der Waals surface area contributed by atoms with Crippen molar-refractivity contribution in [3.63, 3.8) is 0 Å². The van der Waals surface area contributed by atoms with Crippen LogP contribution in [0.3, 0.4) is 0 Å². The summed E-state index contributed by atoms with van der Waals surface area (Å²) in [5, 5.41) is 0. The summed E-state index contributed by atoms with van der Waals surface area (Å²) in [4.78, 5) is 14.1. The van der Waals surface area contributed by atoms with Gasteiger partial charge in [-0.2, -0.15) is 0 Å². The molecule has 0 spiro atoms. The third-order valence-electron chi connectivity index (χ3n) is 3.19. The number of carbonyl (C=O) groups excluding carboxylic acids is 1. The molecule has 0 aromatic carbocycles. The van der Waals surface area contributed by atoms with E-state index in [0.717, 1.165) is 13.0 Å². The average Bonchev–Trinajstić information content (AvgIpc) is 2.65. The van der Waals surface area contributed by atoms with Crippen molar-refractivity contribution in [2.24, 2.45) is 11.7 Å². The molecule has 1 saturated heterocycles. The molecule has 88 valence electrons. The fourth-order valence-electron chi connectivity index (χ4n) is 1.94. The van der Waals surface area contributed by atoms with Gasteiger partial charge in [-0.25, -0.2) is 0 Å². The highest BCUT2D eigenvalue weighted by molar-refractivity contribution is 5.80. The largest absolute Gasteiger partial charge is 0.379 e. The van der Waals surface area contributed by atoms with Crippen LogP contribution in [0.4, 0.5) is 0 Å². The molecule has 1 amide bonds. The molecule has 0 saturated carbocycles. The van der Waals surface area contributed by atoms with Crippen LogP contribution >= 0.6 is 0 Å². The number of nitrogens with two attached hydrogens (primary N) is 1. The van der Waals surface area contributed by atoms with Crippen molar-refractivity contribution in [1.82, 2.24) is 4.90 Å². The first-order valence-electron chi connectivity index (χ1n) is 5.75. The van der Waals surface area contributed by atoms with Crippen molar-refractivity contribution in [3.05, 3.63) is 0 Å². The zero-order valence-electron chi connectivity index (χ0n) is 9.90. The highest BCUT2D eigenvalue weighted by Crippen LogP contribution is 2.17. The molecule has 2 N–H and O–H groups in total. The van der Waals surface area contributed by atoms with E-state index in [4.69, 9.17) is 10.5 Å². The van der Waals surface area contributed by atoms with Gasteiger partial charge in [0.2, 0.25) is 5.91 Å². The van der Waals surface area contributed by atoms with E-state index in [-0.39, 0.29) is 23.9 Å². The molecule has 0 bridgehead atoms. The van der Waals surface area contributed by atoms with Crippen LogP contribution in [0.5, 0.6) is 0 Å². The fourth-order valence-corrected chi connectivity index (χ4v) is 1.94. The molecule has 4 heteroatoms. The summed E-state index contributed by atoms with van der Waals surface area (Å²) < 4.78 is 5.23. The Bertz CT molecular complexity index is 221. The lowest BCUT2D eigenvalue weighted by Gasteiger charge is -2.30. The zero-order valence-corrected chi connectivity index (χ0v) is 9.90. The number of amides is 1. The predicted octanol–water partition coefficient (Wildman–Crippen LogP) is 0.607. The van der Waals surface area contributed by atoms with Gasteiger partial charge in [0.05, 0.1) is 19.1 Å². The first-order chi connectivity index (χ1) is 7.11. The summed E-state index contributed by atoms with van der Waals surface area (Å²) in [6, 6.07) is 0.158. The molecular formula is C11H22N2O2. The monoisotopic (exact) mass is 214 g/mol. The van der Waals surface area contributed by atoms with E-state index >= 15 is 0 Å². The molecule has 15 heavy (non-hydrogen) atoms. The fraction of sp³-hybridized carbons (Fsp3) is 0.909. The second-order valence-electron chi connectivity index (χ2n) is 4.19. The molecular weight excluding hydrogens is 192 g/mol. The Labute approximate surface area is 91.8 Å². The van der Waals surface area contributed by atoms with Gasteiger partial charge in [0.15, 0.2) is 0 Å². The van der Waals surface area contributed by atoms with Crippen molar-refractivity contribution >= 4 is 5.91 Å². The van der Waals surface area contributed by atoms with E-state index in [2.05, 4.69) is 13.8 Å². The number of hydrogen-bond acceptors (Lipinski definition) is 3. The van der Waals surface area contributed by atoms with E-state index in [0.29, 0.717) is 13.2 Å². The molecule has 0 aliphatic carbocycles. The summed E-state index contributed by atoms with van der Waals surface area (Å²) in [6.45, 7) is 7.90. The topological polar surface area (TPSA) is 55.6 Å². The summed E-state index contributed by atoms with van der Waals surface area (Å²) in [5.74, 6) is 0.0100. The van der Waals surface area contributed by atoms with Crippen LogP contribution in [0.15, 0.2) is 0 Å². The molecule has 0 radical (unpaired) electrons. The van der Waals surface area contributed by atoms with Gasteiger partial charge >= 0.3 is 0 Å². The normalized spacial score (nSPS) is 27.7. The van der Waals surface area contributed by atoms with Crippen molar-refractivity contribution in [2.45, 2.75) is 39.3 Å². The second-order valence-corrected chi connectivity index (χ2v) is 4.19. The Morgan fingerprint density at radius 3 is 2.60 bits per heavy atom. The van der Waals surface area contributed by atoms with E-state index in [1.807, 2.05) is 11.8 Å². The van der Waals surface area contributed by atoms with Crippen molar-refractivity contribution in [3.8, 4) is 0 Å². The smallest absolute Gasteiger partial charge is 0.229 e. The van der Waals surface area contributed by atoms with Gasteiger partial charge < -0.3 is 15.4 Å². The summed E-state index contributed by atoms with van der Waals surface area (Å²) >= 11 is 0. The molecule has 1 rings (SSSR count). The molecule has 1 aliphatic heterocycles. The number of hydrogen-bond donors (Lipinski definition) is 1. The standard InChI is InChI=1S/C11H22N2O2/c1-4-8(3)13(5-2)11(14)9-6-15-7-10(9)12/h8-10H,4-7,12H2,1-3H3. The quantitative estimate of drug-likeness (QED) is 0.746. The first-order valence-corrected chi connectivity index (χ1v) is 5.75. The third kappa shape index (κ3) is 2.69. The lowest BCUT2D eigenvalue weighted by atomic mass is 10.0. The summed E-state index contributed by atoms with van der Waals surface area (Å²) in [7, 11) is 0. The van der Waals surface area contributed by atoms with E-state index in [9.17, 15) is 4.79 Å². The van der Waals surface area contributed by atoms with Crippen LogP contribution in [0.2, 0.25) is 0 Å². The minimum atomic E-state index is -0.140. The highest BCUT2D eigenvalue weighted by atomic mass is 16.5. The molecule has 1 fully saturated rings. The Kier molecular flexibility index (Phi) is 4.54. The second kappa shape index (κ2) is 5.47. The van der Waals surface area contributed by atoms with E-state index in [1.54, 1.807) is 0 Å². The molecule has 3 atom stereocenters. The van der Waals surface area contributed by atoms with Crippen molar-refractivity contribution in [1.29, 1.82) is 0 Å². The SMILES string of the molecule is CCC(C)N(CC)C(=O)C1COCC1N. The maximum atomic E-state index is 12.2. The van der Waals surface area contributed by atoms with Gasteiger partial charge in [-0.1, -0.05) is 6.92 Å². The molecule has 0 aromatic rings. The van der Waals surface area contributed by atoms with E-state index < -0.39 is 0 Å². The van der Waals surface area contributed by atoms with Crippen LogP contribution in [-0.4, -0.2) is 42.6 Å². The Hall–Kier alpha value is -0.610. The molecule has 3 unspecified atom stereocenters. The maximum absolute atomic E-state index is 12.2. The number of carbonyl (C=O) groups is 1. The Morgan fingerprint density at radius 1 is 1.53 bits per heavy atom. The van der Waals surface area contributed by atoms with Crippen LogP contribution in [0, 0.1) is 5.92 Å². The molecule has 1 aliphatic rings. The highest BCUT2D eigenvalue weighted by Gasteiger charge is 2.34. The van der Waals surface area contributed by atoms with Gasteiger partial charge in [-0.3, -0.25) is 4.79 Å². The van der Waals surface area contributed by atoms with Crippen molar-refractivity contribution in [2.75, 3.05) is 19.8 Å². The average molecular weight is 214 g/mol. The third-order valence-corrected chi connectivity index (χ3v) is 3.19. The molecule has 4 nitrogen and oxygen atoms in total. The van der Waals surface area contributed by atoms with Crippen LogP contribution in [0.1, 0.15) is 27.2 Å². The van der Waals surface area contributed by atoms with E-state index in [1.165, 1.54) is 0 Å². The van der Waals surface area contributed by atoms with Gasteiger partial charge in [0, 0.05) is 18.6 Å². The Balaban J connectivity index is 2.63. The van der Waals surface area contributed by atoms with Crippen molar-refractivity contribution < 1.29 is 9.53 Å². The minimum Gasteiger partial charge on any atom is -0.379 e. The molecule has 1 heterocycles. The van der Waals surface area contributed by atoms with Crippen LogP contribution in [0.25, 0.3) is 0 Å². The lowest BCUT2D eigenvalue weighted by molar-refractivity contribution is -0.137. The van der Waals surface area contributed by atoms with Gasteiger partial charge in [-0.05, 0) is 20.3 Å². The zero-order chi connectivity index (χ0) is 11.4.